The zero-order valence-corrected chi connectivity index (χ0v) is 15.7. The van der Waals surface area contributed by atoms with Crippen LogP contribution < -0.4 is 5.32 Å². The lowest BCUT2D eigenvalue weighted by atomic mass is 10.1. The maximum Gasteiger partial charge on any atom is 0.228 e. The van der Waals surface area contributed by atoms with Gasteiger partial charge >= 0.3 is 0 Å². The standard InChI is InChI=1S/C18H19N5O3S/c1-13(2)27(25,26)17-9-3-14(4-10-17)11-18(24)20-15-5-7-16(8-6-15)23-12-19-21-22-23/h3-10,12-13H,11H2,1-2H3,(H,20,24). The summed E-state index contributed by atoms with van der Waals surface area (Å²) in [5, 5.41) is 13.3. The van der Waals surface area contributed by atoms with Crippen molar-refractivity contribution in [1.82, 2.24) is 20.2 Å². The van der Waals surface area contributed by atoms with Gasteiger partial charge in [-0.05, 0) is 66.2 Å². The molecule has 1 heterocycles. The second-order valence-corrected chi connectivity index (χ2v) is 8.77. The molecular formula is C18H19N5O3S. The summed E-state index contributed by atoms with van der Waals surface area (Å²) in [6.45, 7) is 3.28. The molecule has 9 heteroatoms. The number of anilines is 1. The van der Waals surface area contributed by atoms with Gasteiger partial charge in [-0.15, -0.1) is 5.10 Å². The third-order valence-electron chi connectivity index (χ3n) is 4.00. The van der Waals surface area contributed by atoms with Gasteiger partial charge in [-0.25, -0.2) is 13.1 Å². The Morgan fingerprint density at radius 3 is 2.30 bits per heavy atom. The summed E-state index contributed by atoms with van der Waals surface area (Å²) in [6.07, 6.45) is 1.63. The normalized spacial score (nSPS) is 11.5. The summed E-state index contributed by atoms with van der Waals surface area (Å²) < 4.78 is 25.8. The minimum Gasteiger partial charge on any atom is -0.326 e. The molecule has 0 saturated heterocycles. The van der Waals surface area contributed by atoms with Crippen LogP contribution in [0.5, 0.6) is 0 Å². The monoisotopic (exact) mass is 385 g/mol. The Labute approximate surface area is 157 Å². The molecule has 0 bridgehead atoms. The van der Waals surface area contributed by atoms with Crippen LogP contribution in [0.1, 0.15) is 19.4 Å². The average Bonchev–Trinajstić information content (AvgIpc) is 3.17. The lowest BCUT2D eigenvalue weighted by Gasteiger charge is -2.09. The van der Waals surface area contributed by atoms with E-state index >= 15 is 0 Å². The zero-order valence-electron chi connectivity index (χ0n) is 14.9. The second kappa shape index (κ2) is 7.67. The van der Waals surface area contributed by atoms with E-state index in [2.05, 4.69) is 20.8 Å². The van der Waals surface area contributed by atoms with E-state index in [1.165, 1.54) is 11.0 Å². The van der Waals surface area contributed by atoms with Gasteiger partial charge in [0.05, 0.1) is 22.3 Å². The molecule has 0 spiro atoms. The quantitative estimate of drug-likeness (QED) is 0.696. The Morgan fingerprint density at radius 2 is 1.74 bits per heavy atom. The molecule has 0 aliphatic rings. The Bertz CT molecular complexity index is 1010. The van der Waals surface area contributed by atoms with Gasteiger partial charge in [-0.2, -0.15) is 0 Å². The van der Waals surface area contributed by atoms with E-state index in [0.717, 1.165) is 11.3 Å². The number of nitrogens with one attached hydrogen (secondary N) is 1. The molecule has 3 rings (SSSR count). The predicted octanol–water partition coefficient (Wildman–Crippen LogP) is 2.03. The Kier molecular flexibility index (Phi) is 5.31. The fourth-order valence-corrected chi connectivity index (χ4v) is 3.50. The Balaban J connectivity index is 1.62. The third-order valence-corrected chi connectivity index (χ3v) is 6.17. The van der Waals surface area contributed by atoms with Gasteiger partial charge < -0.3 is 5.32 Å². The maximum atomic E-state index is 12.2. The molecule has 1 amide bonds. The zero-order chi connectivity index (χ0) is 19.4. The van der Waals surface area contributed by atoms with Crippen molar-refractivity contribution in [2.75, 3.05) is 5.32 Å². The summed E-state index contributed by atoms with van der Waals surface area (Å²) in [7, 11) is -3.31. The number of hydrogen-bond donors (Lipinski definition) is 1. The molecule has 0 aliphatic carbocycles. The smallest absolute Gasteiger partial charge is 0.228 e. The van der Waals surface area contributed by atoms with Crippen LogP contribution in [-0.2, 0) is 21.1 Å². The van der Waals surface area contributed by atoms with Crippen molar-refractivity contribution in [2.24, 2.45) is 0 Å². The van der Waals surface area contributed by atoms with Crippen LogP contribution in [0.3, 0.4) is 0 Å². The summed E-state index contributed by atoms with van der Waals surface area (Å²) >= 11 is 0. The van der Waals surface area contributed by atoms with Crippen LogP contribution in [0, 0.1) is 0 Å². The first kappa shape index (κ1) is 18.7. The molecule has 0 fully saturated rings. The van der Waals surface area contributed by atoms with Crippen LogP contribution in [0.15, 0.2) is 59.8 Å². The van der Waals surface area contributed by atoms with Crippen molar-refractivity contribution in [2.45, 2.75) is 30.4 Å². The molecule has 0 saturated carbocycles. The van der Waals surface area contributed by atoms with E-state index in [4.69, 9.17) is 0 Å². The lowest BCUT2D eigenvalue weighted by Crippen LogP contribution is -2.15. The van der Waals surface area contributed by atoms with Crippen LogP contribution in [0.4, 0.5) is 5.69 Å². The highest BCUT2D eigenvalue weighted by molar-refractivity contribution is 7.92. The molecule has 0 unspecified atom stereocenters. The molecule has 0 aliphatic heterocycles. The van der Waals surface area contributed by atoms with Crippen molar-refractivity contribution in [1.29, 1.82) is 0 Å². The van der Waals surface area contributed by atoms with Gasteiger partial charge in [0.25, 0.3) is 0 Å². The maximum absolute atomic E-state index is 12.2. The number of rotatable bonds is 6. The first-order chi connectivity index (χ1) is 12.9. The SMILES string of the molecule is CC(C)S(=O)(=O)c1ccc(CC(=O)Nc2ccc(-n3cnnn3)cc2)cc1. The van der Waals surface area contributed by atoms with Gasteiger partial charge in [0.1, 0.15) is 6.33 Å². The molecule has 2 aromatic carbocycles. The first-order valence-electron chi connectivity index (χ1n) is 8.32. The van der Waals surface area contributed by atoms with Crippen LogP contribution in [0.25, 0.3) is 5.69 Å². The van der Waals surface area contributed by atoms with Crippen molar-refractivity contribution < 1.29 is 13.2 Å². The topological polar surface area (TPSA) is 107 Å². The van der Waals surface area contributed by atoms with E-state index in [0.29, 0.717) is 5.69 Å². The highest BCUT2D eigenvalue weighted by Crippen LogP contribution is 2.17. The van der Waals surface area contributed by atoms with Gasteiger partial charge in [-0.3, -0.25) is 4.79 Å². The molecule has 0 atom stereocenters. The van der Waals surface area contributed by atoms with Crippen molar-refractivity contribution in [3.05, 3.63) is 60.4 Å². The number of aromatic nitrogens is 4. The highest BCUT2D eigenvalue weighted by Gasteiger charge is 2.18. The fraction of sp³-hybridized carbons (Fsp3) is 0.222. The Morgan fingerprint density at radius 1 is 1.07 bits per heavy atom. The number of carbonyl (C=O) groups excluding carboxylic acids is 1. The number of carbonyl (C=O) groups is 1. The largest absolute Gasteiger partial charge is 0.326 e. The summed E-state index contributed by atoms with van der Waals surface area (Å²) in [4.78, 5) is 12.5. The van der Waals surface area contributed by atoms with E-state index in [1.807, 2.05) is 0 Å². The molecular weight excluding hydrogens is 366 g/mol. The van der Waals surface area contributed by atoms with Gasteiger partial charge in [0.2, 0.25) is 5.91 Å². The average molecular weight is 385 g/mol. The van der Waals surface area contributed by atoms with Crippen molar-refractivity contribution in [3.8, 4) is 5.69 Å². The van der Waals surface area contributed by atoms with E-state index in [9.17, 15) is 13.2 Å². The number of amides is 1. The first-order valence-corrected chi connectivity index (χ1v) is 9.87. The molecule has 1 N–H and O–H groups in total. The number of nitrogens with zero attached hydrogens (tertiary/aromatic N) is 4. The van der Waals surface area contributed by atoms with E-state index in [1.54, 1.807) is 62.4 Å². The van der Waals surface area contributed by atoms with Gasteiger partial charge in [0, 0.05) is 5.69 Å². The number of hydrogen-bond acceptors (Lipinski definition) is 6. The van der Waals surface area contributed by atoms with Gasteiger partial charge in [0.15, 0.2) is 9.84 Å². The van der Waals surface area contributed by atoms with Crippen LogP contribution >= 0.6 is 0 Å². The van der Waals surface area contributed by atoms with Crippen molar-refractivity contribution >= 4 is 21.4 Å². The Hall–Kier alpha value is -3.07. The molecule has 140 valence electrons. The molecule has 1 aromatic heterocycles. The fourth-order valence-electron chi connectivity index (χ4n) is 2.44. The number of sulfone groups is 1. The van der Waals surface area contributed by atoms with Crippen molar-refractivity contribution in [3.63, 3.8) is 0 Å². The summed E-state index contributed by atoms with van der Waals surface area (Å²) in [6, 6.07) is 13.5. The van der Waals surface area contributed by atoms with Crippen LogP contribution in [-0.4, -0.2) is 39.8 Å². The van der Waals surface area contributed by atoms with E-state index in [-0.39, 0.29) is 17.2 Å². The molecule has 27 heavy (non-hydrogen) atoms. The molecule has 3 aromatic rings. The summed E-state index contributed by atoms with van der Waals surface area (Å²) in [5.74, 6) is -0.190. The minimum absolute atomic E-state index is 0.150. The molecule has 8 nitrogen and oxygen atoms in total. The minimum atomic E-state index is -3.31. The molecule has 0 radical (unpaired) electrons. The summed E-state index contributed by atoms with van der Waals surface area (Å²) in [5.41, 5.74) is 2.16. The third kappa shape index (κ3) is 4.37. The van der Waals surface area contributed by atoms with E-state index < -0.39 is 15.1 Å². The predicted molar refractivity (Wildman–Crippen MR) is 100 cm³/mol. The van der Waals surface area contributed by atoms with Gasteiger partial charge in [-0.1, -0.05) is 12.1 Å². The highest BCUT2D eigenvalue weighted by atomic mass is 32.2. The number of benzene rings is 2. The second-order valence-electron chi connectivity index (χ2n) is 6.26. The number of tetrazole rings is 1. The van der Waals surface area contributed by atoms with Crippen LogP contribution in [0.2, 0.25) is 0 Å². The lowest BCUT2D eigenvalue weighted by molar-refractivity contribution is -0.115.